The van der Waals surface area contributed by atoms with E-state index in [2.05, 4.69) is 5.32 Å². The second kappa shape index (κ2) is 7.04. The van der Waals surface area contributed by atoms with E-state index in [-0.39, 0.29) is 18.9 Å². The Bertz CT molecular complexity index is 682. The molecule has 0 fully saturated rings. The van der Waals surface area contributed by atoms with Crippen molar-refractivity contribution in [2.24, 2.45) is 5.73 Å². The number of rotatable bonds is 5. The maximum atomic E-state index is 13.6. The zero-order chi connectivity index (χ0) is 16.1. The molecule has 0 saturated carbocycles. The molecule has 6 heteroatoms. The predicted octanol–water partition coefficient (Wildman–Crippen LogP) is 2.55. The van der Waals surface area contributed by atoms with Gasteiger partial charge in [-0.05, 0) is 42.8 Å². The summed E-state index contributed by atoms with van der Waals surface area (Å²) in [4.78, 5) is 22.9. The average Bonchev–Trinajstić information content (AvgIpc) is 2.50. The number of hydrogen-bond donors (Lipinski definition) is 2. The highest BCUT2D eigenvalue weighted by atomic mass is 35.5. The molecule has 3 N–H and O–H groups in total. The SMILES string of the molecule is NC(=O)c1ccc(C(=O)NCCc2c(F)cccc2Cl)cc1. The standard InChI is InChI=1S/C16H14ClFN2O2/c17-13-2-1-3-14(18)12(13)8-9-20-16(22)11-6-4-10(5-7-11)15(19)21/h1-7H,8-9H2,(H2,19,21)(H,20,22). The molecular formula is C16H14ClFN2O2. The number of nitrogens with two attached hydrogens (primary N) is 1. The van der Waals surface area contributed by atoms with Crippen LogP contribution < -0.4 is 11.1 Å². The van der Waals surface area contributed by atoms with E-state index >= 15 is 0 Å². The van der Waals surface area contributed by atoms with Crippen LogP contribution in [0.25, 0.3) is 0 Å². The van der Waals surface area contributed by atoms with E-state index in [0.717, 1.165) is 0 Å². The molecule has 22 heavy (non-hydrogen) atoms. The summed E-state index contributed by atoms with van der Waals surface area (Å²) in [6.45, 7) is 0.247. The van der Waals surface area contributed by atoms with Crippen LogP contribution in [0.1, 0.15) is 26.3 Å². The van der Waals surface area contributed by atoms with Gasteiger partial charge in [0.2, 0.25) is 5.91 Å². The van der Waals surface area contributed by atoms with Gasteiger partial charge in [-0.3, -0.25) is 9.59 Å². The molecule has 0 aliphatic heterocycles. The van der Waals surface area contributed by atoms with Gasteiger partial charge in [0.1, 0.15) is 5.82 Å². The maximum absolute atomic E-state index is 13.6. The Labute approximate surface area is 132 Å². The smallest absolute Gasteiger partial charge is 0.251 e. The van der Waals surface area contributed by atoms with Gasteiger partial charge in [0.25, 0.3) is 5.91 Å². The zero-order valence-corrected chi connectivity index (χ0v) is 12.4. The van der Waals surface area contributed by atoms with Gasteiger partial charge in [-0.2, -0.15) is 0 Å². The number of hydrogen-bond acceptors (Lipinski definition) is 2. The summed E-state index contributed by atoms with van der Waals surface area (Å²) >= 11 is 5.91. The first-order chi connectivity index (χ1) is 10.5. The molecule has 0 bridgehead atoms. The Morgan fingerprint density at radius 3 is 2.32 bits per heavy atom. The second-order valence-corrected chi connectivity index (χ2v) is 5.05. The normalized spacial score (nSPS) is 10.3. The van der Waals surface area contributed by atoms with Crippen LogP contribution in [0.5, 0.6) is 0 Å². The third-order valence-corrected chi connectivity index (χ3v) is 3.51. The van der Waals surface area contributed by atoms with Crippen molar-refractivity contribution in [1.82, 2.24) is 5.32 Å². The highest BCUT2D eigenvalue weighted by Gasteiger charge is 2.09. The molecule has 0 atom stereocenters. The molecule has 0 heterocycles. The van der Waals surface area contributed by atoms with Gasteiger partial charge in [-0.15, -0.1) is 0 Å². The van der Waals surface area contributed by atoms with Crippen molar-refractivity contribution >= 4 is 23.4 Å². The Balaban J connectivity index is 1.94. The minimum absolute atomic E-state index is 0.247. The number of halogens is 2. The number of primary amides is 1. The van der Waals surface area contributed by atoms with Crippen molar-refractivity contribution in [3.63, 3.8) is 0 Å². The van der Waals surface area contributed by atoms with Crippen LogP contribution in [0, 0.1) is 5.82 Å². The van der Waals surface area contributed by atoms with E-state index in [9.17, 15) is 14.0 Å². The van der Waals surface area contributed by atoms with E-state index in [1.165, 1.54) is 36.4 Å². The lowest BCUT2D eigenvalue weighted by Gasteiger charge is -2.08. The first-order valence-corrected chi connectivity index (χ1v) is 6.98. The summed E-state index contributed by atoms with van der Waals surface area (Å²) in [6.07, 6.45) is 0.288. The number of benzene rings is 2. The first kappa shape index (κ1) is 16.0. The van der Waals surface area contributed by atoms with Crippen molar-refractivity contribution in [2.75, 3.05) is 6.54 Å². The average molecular weight is 321 g/mol. The minimum atomic E-state index is -0.554. The fourth-order valence-electron chi connectivity index (χ4n) is 1.96. The summed E-state index contributed by atoms with van der Waals surface area (Å²) in [5.74, 6) is -1.27. The molecule has 2 amide bonds. The van der Waals surface area contributed by atoms with E-state index < -0.39 is 11.7 Å². The summed E-state index contributed by atoms with van der Waals surface area (Å²) in [5, 5.41) is 3.00. The lowest BCUT2D eigenvalue weighted by molar-refractivity contribution is 0.0951. The van der Waals surface area contributed by atoms with Gasteiger partial charge >= 0.3 is 0 Å². The molecule has 2 aromatic carbocycles. The Morgan fingerprint density at radius 2 is 1.73 bits per heavy atom. The van der Waals surface area contributed by atoms with Crippen LogP contribution in [-0.2, 0) is 6.42 Å². The monoisotopic (exact) mass is 320 g/mol. The molecule has 0 aromatic heterocycles. The van der Waals surface area contributed by atoms with Crippen LogP contribution in [0.2, 0.25) is 5.02 Å². The molecule has 2 aromatic rings. The van der Waals surface area contributed by atoms with E-state index in [1.54, 1.807) is 6.07 Å². The maximum Gasteiger partial charge on any atom is 0.251 e. The van der Waals surface area contributed by atoms with Gasteiger partial charge in [0, 0.05) is 28.3 Å². The highest BCUT2D eigenvalue weighted by molar-refractivity contribution is 6.31. The number of carbonyl (C=O) groups excluding carboxylic acids is 2. The summed E-state index contributed by atoms with van der Waals surface area (Å²) in [6, 6.07) is 10.4. The van der Waals surface area contributed by atoms with Gasteiger partial charge < -0.3 is 11.1 Å². The summed E-state index contributed by atoms with van der Waals surface area (Å²) in [7, 11) is 0. The fraction of sp³-hybridized carbons (Fsp3) is 0.125. The lowest BCUT2D eigenvalue weighted by Crippen LogP contribution is -2.26. The van der Waals surface area contributed by atoms with Crippen molar-refractivity contribution in [2.45, 2.75) is 6.42 Å². The number of amides is 2. The number of carbonyl (C=O) groups is 2. The Kier molecular flexibility index (Phi) is 5.12. The molecule has 0 aliphatic carbocycles. The molecule has 0 radical (unpaired) electrons. The van der Waals surface area contributed by atoms with E-state index in [1.807, 2.05) is 0 Å². The van der Waals surface area contributed by atoms with Gasteiger partial charge in [0.05, 0.1) is 0 Å². The van der Waals surface area contributed by atoms with E-state index in [4.69, 9.17) is 17.3 Å². The second-order valence-electron chi connectivity index (χ2n) is 4.65. The zero-order valence-electron chi connectivity index (χ0n) is 11.6. The summed E-state index contributed by atoms with van der Waals surface area (Å²) in [5.41, 5.74) is 6.22. The quantitative estimate of drug-likeness (QED) is 0.888. The van der Waals surface area contributed by atoms with Gasteiger partial charge in [-0.1, -0.05) is 17.7 Å². The molecule has 114 valence electrons. The largest absolute Gasteiger partial charge is 0.366 e. The molecule has 2 rings (SSSR count). The minimum Gasteiger partial charge on any atom is -0.366 e. The van der Waals surface area contributed by atoms with Crippen LogP contribution >= 0.6 is 11.6 Å². The lowest BCUT2D eigenvalue weighted by atomic mass is 10.1. The van der Waals surface area contributed by atoms with Gasteiger partial charge in [-0.25, -0.2) is 4.39 Å². The highest BCUT2D eigenvalue weighted by Crippen LogP contribution is 2.19. The molecule has 0 spiro atoms. The first-order valence-electron chi connectivity index (χ1n) is 6.60. The Hall–Kier alpha value is -2.40. The van der Waals surface area contributed by atoms with Crippen LogP contribution in [0.3, 0.4) is 0 Å². The molecular weight excluding hydrogens is 307 g/mol. The molecule has 0 unspecified atom stereocenters. The van der Waals surface area contributed by atoms with Crippen molar-refractivity contribution in [1.29, 1.82) is 0 Å². The molecule has 0 saturated heterocycles. The third kappa shape index (κ3) is 3.83. The predicted molar refractivity (Wildman–Crippen MR) is 82.4 cm³/mol. The molecule has 0 aliphatic rings. The summed E-state index contributed by atoms with van der Waals surface area (Å²) < 4.78 is 13.6. The van der Waals surface area contributed by atoms with Crippen LogP contribution in [0.4, 0.5) is 4.39 Å². The van der Waals surface area contributed by atoms with E-state index in [0.29, 0.717) is 21.7 Å². The third-order valence-electron chi connectivity index (χ3n) is 3.15. The molecule has 4 nitrogen and oxygen atoms in total. The fourth-order valence-corrected chi connectivity index (χ4v) is 2.22. The van der Waals surface area contributed by atoms with Crippen molar-refractivity contribution in [3.05, 3.63) is 70.0 Å². The number of nitrogens with one attached hydrogen (secondary N) is 1. The van der Waals surface area contributed by atoms with Crippen molar-refractivity contribution in [3.8, 4) is 0 Å². The Morgan fingerprint density at radius 1 is 1.09 bits per heavy atom. The van der Waals surface area contributed by atoms with Crippen LogP contribution in [0.15, 0.2) is 42.5 Å². The van der Waals surface area contributed by atoms with Gasteiger partial charge in [0.15, 0.2) is 0 Å². The topological polar surface area (TPSA) is 72.2 Å². The van der Waals surface area contributed by atoms with Crippen LogP contribution in [-0.4, -0.2) is 18.4 Å². The van der Waals surface area contributed by atoms with Crippen molar-refractivity contribution < 1.29 is 14.0 Å².